The molecule has 3 heterocycles. The Hall–Kier alpha value is -2.25. The Bertz CT molecular complexity index is 801. The maximum atomic E-state index is 4.73. The fraction of sp³-hybridized carbons (Fsp3) is 0.571. The van der Waals surface area contributed by atoms with Crippen molar-refractivity contribution in [3.63, 3.8) is 0 Å². The van der Waals surface area contributed by atoms with Gasteiger partial charge in [0.15, 0.2) is 0 Å². The number of aromatic nitrogens is 3. The molecule has 0 bridgehead atoms. The van der Waals surface area contributed by atoms with Crippen molar-refractivity contribution in [2.75, 3.05) is 57.5 Å². The average molecular weight is 382 g/mol. The zero-order valence-corrected chi connectivity index (χ0v) is 17.2. The number of nitrogens with zero attached hydrogens (tertiary/aromatic N) is 6. The number of nitrogens with one attached hydrogen (secondary N) is 1. The van der Waals surface area contributed by atoms with E-state index < -0.39 is 0 Å². The van der Waals surface area contributed by atoms with E-state index >= 15 is 0 Å². The summed E-state index contributed by atoms with van der Waals surface area (Å²) < 4.78 is 0. The Morgan fingerprint density at radius 1 is 1.21 bits per heavy atom. The maximum Gasteiger partial charge on any atom is 0.224 e. The smallest absolute Gasteiger partial charge is 0.224 e. The summed E-state index contributed by atoms with van der Waals surface area (Å²) in [6, 6.07) is 6.78. The topological polar surface area (TPSA) is 60.4 Å². The third kappa shape index (κ3) is 4.10. The summed E-state index contributed by atoms with van der Waals surface area (Å²) in [5.41, 5.74) is 3.68. The molecule has 0 saturated carbocycles. The van der Waals surface area contributed by atoms with Crippen molar-refractivity contribution < 1.29 is 0 Å². The average Bonchev–Trinajstić information content (AvgIpc) is 2.73. The van der Waals surface area contributed by atoms with E-state index in [-0.39, 0.29) is 0 Å². The number of anilines is 2. The van der Waals surface area contributed by atoms with Gasteiger partial charge in [-0.3, -0.25) is 9.88 Å². The van der Waals surface area contributed by atoms with Crippen LogP contribution in [-0.4, -0.2) is 72.1 Å². The van der Waals surface area contributed by atoms with Gasteiger partial charge in [-0.2, -0.15) is 4.98 Å². The standard InChI is InChI=1S/C21H31N7/c1-22-21-24-17(14-19(25-21)28-12-10-26(2)11-13-28)15-27(3)18-8-4-6-16-7-5-9-23-20(16)18/h5,7,9,14,18H,4,6,8,10-13,15H2,1-3H3,(H,22,24,25). The van der Waals surface area contributed by atoms with Crippen LogP contribution in [-0.2, 0) is 13.0 Å². The van der Waals surface area contributed by atoms with Crippen LogP contribution < -0.4 is 10.2 Å². The lowest BCUT2D eigenvalue weighted by Crippen LogP contribution is -2.45. The van der Waals surface area contributed by atoms with Gasteiger partial charge in [-0.15, -0.1) is 0 Å². The minimum Gasteiger partial charge on any atom is -0.357 e. The molecular weight excluding hydrogens is 350 g/mol. The molecule has 0 amide bonds. The molecule has 7 nitrogen and oxygen atoms in total. The number of hydrogen-bond donors (Lipinski definition) is 1. The summed E-state index contributed by atoms with van der Waals surface area (Å²) in [6.45, 7) is 4.94. The number of pyridine rings is 1. The molecule has 1 N–H and O–H groups in total. The van der Waals surface area contributed by atoms with Gasteiger partial charge in [-0.05, 0) is 45.0 Å². The van der Waals surface area contributed by atoms with E-state index in [4.69, 9.17) is 15.0 Å². The van der Waals surface area contributed by atoms with E-state index in [0.29, 0.717) is 12.0 Å². The molecule has 1 atom stereocenters. The van der Waals surface area contributed by atoms with Gasteiger partial charge in [0.05, 0.1) is 17.4 Å². The molecule has 4 rings (SSSR count). The van der Waals surface area contributed by atoms with Crippen LogP contribution in [0.4, 0.5) is 11.8 Å². The molecular formula is C21H31N7. The van der Waals surface area contributed by atoms with Gasteiger partial charge in [0.25, 0.3) is 0 Å². The van der Waals surface area contributed by atoms with Crippen molar-refractivity contribution in [3.05, 3.63) is 41.3 Å². The molecule has 1 aliphatic heterocycles. The van der Waals surface area contributed by atoms with E-state index in [1.165, 1.54) is 17.7 Å². The summed E-state index contributed by atoms with van der Waals surface area (Å²) in [5.74, 6) is 1.72. The van der Waals surface area contributed by atoms with Crippen LogP contribution in [0, 0.1) is 0 Å². The minimum atomic E-state index is 0.352. The molecule has 7 heteroatoms. The molecule has 1 fully saturated rings. The molecule has 1 aliphatic carbocycles. The second-order valence-electron chi connectivity index (χ2n) is 7.95. The molecule has 2 aromatic heterocycles. The lowest BCUT2D eigenvalue weighted by molar-refractivity contribution is 0.206. The zero-order chi connectivity index (χ0) is 19.5. The van der Waals surface area contributed by atoms with Crippen LogP contribution in [0.5, 0.6) is 0 Å². The largest absolute Gasteiger partial charge is 0.357 e. The summed E-state index contributed by atoms with van der Waals surface area (Å²) >= 11 is 0. The fourth-order valence-electron chi connectivity index (χ4n) is 4.25. The van der Waals surface area contributed by atoms with Crippen LogP contribution >= 0.6 is 0 Å². The van der Waals surface area contributed by atoms with Gasteiger partial charge >= 0.3 is 0 Å². The van der Waals surface area contributed by atoms with Crippen molar-refractivity contribution in [3.8, 4) is 0 Å². The first-order chi connectivity index (χ1) is 13.6. The van der Waals surface area contributed by atoms with E-state index in [2.05, 4.69) is 46.2 Å². The summed E-state index contributed by atoms with van der Waals surface area (Å²) in [4.78, 5) is 21.3. The second-order valence-corrected chi connectivity index (χ2v) is 7.95. The Kier molecular flexibility index (Phi) is 5.73. The monoisotopic (exact) mass is 381 g/mol. The molecule has 28 heavy (non-hydrogen) atoms. The van der Waals surface area contributed by atoms with Crippen LogP contribution in [0.25, 0.3) is 0 Å². The Balaban J connectivity index is 1.53. The quantitative estimate of drug-likeness (QED) is 0.852. The minimum absolute atomic E-state index is 0.352. The summed E-state index contributed by atoms with van der Waals surface area (Å²) in [5, 5.41) is 3.13. The number of rotatable bonds is 5. The third-order valence-corrected chi connectivity index (χ3v) is 5.93. The first-order valence-electron chi connectivity index (χ1n) is 10.3. The highest BCUT2D eigenvalue weighted by molar-refractivity contribution is 5.45. The first kappa shape index (κ1) is 19.1. The molecule has 2 aromatic rings. The highest BCUT2D eigenvalue weighted by Gasteiger charge is 2.25. The molecule has 150 valence electrons. The predicted octanol–water partition coefficient (Wildman–Crippen LogP) is 2.17. The predicted molar refractivity (Wildman–Crippen MR) is 113 cm³/mol. The van der Waals surface area contributed by atoms with Crippen molar-refractivity contribution in [2.24, 2.45) is 0 Å². The Morgan fingerprint density at radius 3 is 2.82 bits per heavy atom. The number of likely N-dealkylation sites (N-methyl/N-ethyl adjacent to an activating group) is 1. The normalized spacial score (nSPS) is 20.3. The highest BCUT2D eigenvalue weighted by Crippen LogP contribution is 2.32. The van der Waals surface area contributed by atoms with Gasteiger partial charge in [0, 0.05) is 52.0 Å². The maximum absolute atomic E-state index is 4.73. The van der Waals surface area contributed by atoms with Crippen LogP contribution in [0.2, 0.25) is 0 Å². The fourth-order valence-corrected chi connectivity index (χ4v) is 4.25. The molecule has 0 spiro atoms. The van der Waals surface area contributed by atoms with Gasteiger partial charge in [0.1, 0.15) is 5.82 Å². The Labute approximate surface area is 167 Å². The molecule has 0 radical (unpaired) electrons. The molecule has 0 aromatic carbocycles. The van der Waals surface area contributed by atoms with Crippen LogP contribution in [0.3, 0.4) is 0 Å². The van der Waals surface area contributed by atoms with E-state index in [0.717, 1.165) is 57.1 Å². The van der Waals surface area contributed by atoms with Crippen LogP contribution in [0.15, 0.2) is 24.4 Å². The molecule has 1 unspecified atom stereocenters. The lowest BCUT2D eigenvalue weighted by atomic mass is 9.91. The highest BCUT2D eigenvalue weighted by atomic mass is 15.3. The van der Waals surface area contributed by atoms with Crippen LogP contribution in [0.1, 0.15) is 35.8 Å². The Morgan fingerprint density at radius 2 is 2.04 bits per heavy atom. The number of hydrogen-bond acceptors (Lipinski definition) is 7. The SMILES string of the molecule is CNc1nc(CN(C)C2CCCc3cccnc32)cc(N2CCN(C)CC2)n1. The number of piperazine rings is 1. The van der Waals surface area contributed by atoms with Crippen molar-refractivity contribution in [1.29, 1.82) is 0 Å². The van der Waals surface area contributed by atoms with Crippen molar-refractivity contribution in [1.82, 2.24) is 24.8 Å². The van der Waals surface area contributed by atoms with E-state index in [9.17, 15) is 0 Å². The van der Waals surface area contributed by atoms with Gasteiger partial charge in [-0.1, -0.05) is 6.07 Å². The summed E-state index contributed by atoms with van der Waals surface area (Å²) in [7, 11) is 6.25. The third-order valence-electron chi connectivity index (χ3n) is 5.93. The lowest BCUT2D eigenvalue weighted by Gasteiger charge is -2.34. The summed E-state index contributed by atoms with van der Waals surface area (Å²) in [6.07, 6.45) is 5.42. The first-order valence-corrected chi connectivity index (χ1v) is 10.3. The van der Waals surface area contributed by atoms with Crippen molar-refractivity contribution in [2.45, 2.75) is 31.8 Å². The van der Waals surface area contributed by atoms with E-state index in [1.807, 2.05) is 19.3 Å². The van der Waals surface area contributed by atoms with E-state index in [1.54, 1.807) is 0 Å². The molecule has 1 saturated heterocycles. The van der Waals surface area contributed by atoms with Gasteiger partial charge < -0.3 is 15.1 Å². The van der Waals surface area contributed by atoms with Crippen molar-refractivity contribution >= 4 is 11.8 Å². The molecule has 2 aliphatic rings. The number of fused-ring (bicyclic) bond motifs is 1. The van der Waals surface area contributed by atoms with Gasteiger partial charge in [-0.25, -0.2) is 4.98 Å². The number of aryl methyl sites for hydroxylation is 1. The zero-order valence-electron chi connectivity index (χ0n) is 17.2. The van der Waals surface area contributed by atoms with Gasteiger partial charge in [0.2, 0.25) is 5.95 Å². The second kappa shape index (κ2) is 8.41.